The number of rotatable bonds is 4. The first-order valence-electron chi connectivity index (χ1n) is 7.50. The van der Waals surface area contributed by atoms with E-state index in [0.717, 1.165) is 4.47 Å². The van der Waals surface area contributed by atoms with Gasteiger partial charge in [0.1, 0.15) is 0 Å². The Morgan fingerprint density at radius 1 is 0.760 bits per heavy atom. The zero-order valence-electron chi connectivity index (χ0n) is 13.1. The minimum atomic E-state index is -0.238. The minimum absolute atomic E-state index is 0.223. The monoisotopic (exact) mass is 395 g/mol. The number of carbonyl (C=O) groups is 2. The third kappa shape index (κ3) is 4.51. The van der Waals surface area contributed by atoms with E-state index in [1.54, 1.807) is 67.0 Å². The standard InChI is InChI=1S/C19H14BrN3O2/c20-15-4-1-3-14(11-15)19(25)23-17-6-2-5-16(12-17)22-18(24)13-7-9-21-10-8-13/h1-12H,(H,22,24)(H,23,25). The van der Waals surface area contributed by atoms with Gasteiger partial charge in [-0.05, 0) is 48.5 Å². The van der Waals surface area contributed by atoms with Crippen LogP contribution in [0.5, 0.6) is 0 Å². The van der Waals surface area contributed by atoms with Crippen molar-refractivity contribution in [2.75, 3.05) is 10.6 Å². The summed E-state index contributed by atoms with van der Waals surface area (Å²) < 4.78 is 0.832. The second-order valence-electron chi connectivity index (χ2n) is 5.24. The lowest BCUT2D eigenvalue weighted by atomic mass is 10.2. The zero-order chi connectivity index (χ0) is 17.6. The predicted molar refractivity (Wildman–Crippen MR) is 101 cm³/mol. The third-order valence-electron chi connectivity index (χ3n) is 3.41. The van der Waals surface area contributed by atoms with Crippen LogP contribution in [0.3, 0.4) is 0 Å². The van der Waals surface area contributed by atoms with Crippen molar-refractivity contribution < 1.29 is 9.59 Å². The van der Waals surface area contributed by atoms with Gasteiger partial charge in [0.2, 0.25) is 0 Å². The van der Waals surface area contributed by atoms with E-state index in [9.17, 15) is 9.59 Å². The Morgan fingerprint density at radius 2 is 1.36 bits per heavy atom. The fourth-order valence-corrected chi connectivity index (χ4v) is 2.61. The first-order valence-corrected chi connectivity index (χ1v) is 8.29. The summed E-state index contributed by atoms with van der Waals surface area (Å²) in [5, 5.41) is 5.61. The number of pyridine rings is 1. The molecule has 6 heteroatoms. The highest BCUT2D eigenvalue weighted by Gasteiger charge is 2.09. The Kier molecular flexibility index (Phi) is 5.20. The number of hydrogen-bond donors (Lipinski definition) is 2. The van der Waals surface area contributed by atoms with Crippen molar-refractivity contribution in [2.24, 2.45) is 0 Å². The number of aromatic nitrogens is 1. The van der Waals surface area contributed by atoms with E-state index < -0.39 is 0 Å². The maximum absolute atomic E-state index is 12.3. The molecule has 124 valence electrons. The Morgan fingerprint density at radius 3 is 2.00 bits per heavy atom. The van der Waals surface area contributed by atoms with Gasteiger partial charge in [-0.1, -0.05) is 28.1 Å². The average Bonchev–Trinajstić information content (AvgIpc) is 2.63. The molecule has 0 spiro atoms. The number of anilines is 2. The van der Waals surface area contributed by atoms with Gasteiger partial charge in [-0.2, -0.15) is 0 Å². The van der Waals surface area contributed by atoms with Gasteiger partial charge in [-0.3, -0.25) is 14.6 Å². The van der Waals surface area contributed by atoms with Crippen LogP contribution in [-0.2, 0) is 0 Å². The highest BCUT2D eigenvalue weighted by atomic mass is 79.9. The molecule has 3 rings (SSSR count). The molecule has 5 nitrogen and oxygen atoms in total. The van der Waals surface area contributed by atoms with Crippen LogP contribution < -0.4 is 10.6 Å². The summed E-state index contributed by atoms with van der Waals surface area (Å²) in [4.78, 5) is 28.4. The molecule has 25 heavy (non-hydrogen) atoms. The first kappa shape index (κ1) is 16.9. The number of carbonyl (C=O) groups excluding carboxylic acids is 2. The van der Waals surface area contributed by atoms with Crippen LogP contribution in [0.2, 0.25) is 0 Å². The number of nitrogens with zero attached hydrogens (tertiary/aromatic N) is 1. The number of halogens is 1. The Bertz CT molecular complexity index is 913. The van der Waals surface area contributed by atoms with Crippen molar-refractivity contribution in [2.45, 2.75) is 0 Å². The van der Waals surface area contributed by atoms with Gasteiger partial charge in [0.25, 0.3) is 11.8 Å². The van der Waals surface area contributed by atoms with Crippen molar-refractivity contribution in [3.63, 3.8) is 0 Å². The largest absolute Gasteiger partial charge is 0.322 e. The molecule has 1 heterocycles. The van der Waals surface area contributed by atoms with Gasteiger partial charge in [-0.15, -0.1) is 0 Å². The smallest absolute Gasteiger partial charge is 0.255 e. The summed E-state index contributed by atoms with van der Waals surface area (Å²) in [6.07, 6.45) is 3.12. The van der Waals surface area contributed by atoms with Crippen LogP contribution in [0.15, 0.2) is 77.5 Å². The van der Waals surface area contributed by atoms with Gasteiger partial charge in [0, 0.05) is 39.4 Å². The van der Waals surface area contributed by atoms with Gasteiger partial charge < -0.3 is 10.6 Å². The summed E-state index contributed by atoms with van der Waals surface area (Å²) in [6.45, 7) is 0. The molecule has 0 radical (unpaired) electrons. The number of amides is 2. The lowest BCUT2D eigenvalue weighted by molar-refractivity contribution is 0.101. The van der Waals surface area contributed by atoms with Crippen LogP contribution in [0.25, 0.3) is 0 Å². The van der Waals surface area contributed by atoms with E-state index >= 15 is 0 Å². The lowest BCUT2D eigenvalue weighted by Gasteiger charge is -2.09. The van der Waals surface area contributed by atoms with Crippen molar-refractivity contribution >= 4 is 39.1 Å². The molecule has 0 aliphatic carbocycles. The third-order valence-corrected chi connectivity index (χ3v) is 3.90. The van der Waals surface area contributed by atoms with Crippen LogP contribution in [0.1, 0.15) is 20.7 Å². The summed E-state index contributed by atoms with van der Waals surface area (Å²) in [7, 11) is 0. The van der Waals surface area contributed by atoms with Gasteiger partial charge >= 0.3 is 0 Å². The molecule has 0 unspecified atom stereocenters. The Hall–Kier alpha value is -2.99. The fourth-order valence-electron chi connectivity index (χ4n) is 2.21. The van der Waals surface area contributed by atoms with Gasteiger partial charge in [0.15, 0.2) is 0 Å². The molecule has 1 aromatic heterocycles. The highest BCUT2D eigenvalue weighted by Crippen LogP contribution is 2.18. The number of benzene rings is 2. The predicted octanol–water partition coefficient (Wildman–Crippen LogP) is 4.35. The summed E-state index contributed by atoms with van der Waals surface area (Å²) in [6, 6.07) is 17.4. The molecule has 0 bridgehead atoms. The van der Waals surface area contributed by atoms with Crippen molar-refractivity contribution in [3.8, 4) is 0 Å². The molecule has 0 atom stereocenters. The van der Waals surface area contributed by atoms with Gasteiger partial charge in [0.05, 0.1) is 0 Å². The molecule has 0 saturated carbocycles. The molecule has 0 fully saturated rings. The summed E-state index contributed by atoms with van der Waals surface area (Å²) in [5.74, 6) is -0.461. The molecule has 0 aliphatic heterocycles. The molecule has 2 aromatic carbocycles. The SMILES string of the molecule is O=C(Nc1cccc(NC(=O)c2cccc(Br)c2)c1)c1ccncc1. The summed E-state index contributed by atoms with van der Waals surface area (Å²) >= 11 is 3.34. The van der Waals surface area contributed by atoms with Crippen molar-refractivity contribution in [3.05, 3.63) is 88.7 Å². The molecular formula is C19H14BrN3O2. The minimum Gasteiger partial charge on any atom is -0.322 e. The van der Waals surface area contributed by atoms with E-state index in [-0.39, 0.29) is 11.8 Å². The zero-order valence-corrected chi connectivity index (χ0v) is 14.7. The molecule has 0 saturated heterocycles. The van der Waals surface area contributed by atoms with E-state index in [1.165, 1.54) is 0 Å². The molecule has 3 aromatic rings. The second kappa shape index (κ2) is 7.72. The van der Waals surface area contributed by atoms with Crippen LogP contribution >= 0.6 is 15.9 Å². The Labute approximate surface area is 153 Å². The first-order chi connectivity index (χ1) is 12.1. The van der Waals surface area contributed by atoms with Crippen molar-refractivity contribution in [1.29, 1.82) is 0 Å². The van der Waals surface area contributed by atoms with Crippen LogP contribution in [0, 0.1) is 0 Å². The topological polar surface area (TPSA) is 71.1 Å². The maximum Gasteiger partial charge on any atom is 0.255 e. The normalized spacial score (nSPS) is 10.1. The summed E-state index contributed by atoms with van der Waals surface area (Å²) in [5.41, 5.74) is 2.24. The van der Waals surface area contributed by atoms with Crippen molar-refractivity contribution in [1.82, 2.24) is 4.98 Å². The molecular weight excluding hydrogens is 382 g/mol. The highest BCUT2D eigenvalue weighted by molar-refractivity contribution is 9.10. The van der Waals surface area contributed by atoms with E-state index in [2.05, 4.69) is 31.5 Å². The molecule has 2 N–H and O–H groups in total. The van der Waals surface area contributed by atoms with E-state index in [0.29, 0.717) is 22.5 Å². The quantitative estimate of drug-likeness (QED) is 0.689. The lowest BCUT2D eigenvalue weighted by Crippen LogP contribution is -2.14. The van der Waals surface area contributed by atoms with Gasteiger partial charge in [-0.25, -0.2) is 0 Å². The number of hydrogen-bond acceptors (Lipinski definition) is 3. The fraction of sp³-hybridized carbons (Fsp3) is 0. The maximum atomic E-state index is 12.3. The molecule has 2 amide bonds. The number of nitrogens with one attached hydrogen (secondary N) is 2. The molecule has 0 aliphatic rings. The van der Waals surface area contributed by atoms with Crippen LogP contribution in [0.4, 0.5) is 11.4 Å². The Balaban J connectivity index is 1.71. The van der Waals surface area contributed by atoms with E-state index in [1.807, 2.05) is 6.07 Å². The van der Waals surface area contributed by atoms with Crippen LogP contribution in [-0.4, -0.2) is 16.8 Å². The van der Waals surface area contributed by atoms with E-state index in [4.69, 9.17) is 0 Å². The average molecular weight is 396 g/mol. The second-order valence-corrected chi connectivity index (χ2v) is 6.15.